The Balaban J connectivity index is 2.02. The molecule has 1 aromatic rings. The highest BCUT2D eigenvalue weighted by molar-refractivity contribution is 5.24. The van der Waals surface area contributed by atoms with Crippen molar-refractivity contribution in [2.24, 2.45) is 18.9 Å². The Morgan fingerprint density at radius 2 is 2.13 bits per heavy atom. The molecule has 0 aliphatic heterocycles. The lowest BCUT2D eigenvalue weighted by atomic mass is 9.78. The van der Waals surface area contributed by atoms with Crippen molar-refractivity contribution in [3.8, 4) is 0 Å². The highest BCUT2D eigenvalue weighted by atomic mass is 15.6. The normalized spacial score (nSPS) is 31.5. The largest absolute Gasteiger partial charge is 0.350 e. The van der Waals surface area contributed by atoms with E-state index in [4.69, 9.17) is 0 Å². The summed E-state index contributed by atoms with van der Waals surface area (Å²) in [7, 11) is 1.86. The second kappa shape index (κ2) is 4.16. The average Bonchev–Trinajstić information content (AvgIpc) is 2.60. The minimum atomic E-state index is 0.512. The van der Waals surface area contributed by atoms with Crippen LogP contribution in [0.5, 0.6) is 0 Å². The zero-order valence-corrected chi connectivity index (χ0v) is 9.64. The van der Waals surface area contributed by atoms with Gasteiger partial charge in [0.15, 0.2) is 0 Å². The maximum atomic E-state index is 3.96. The molecule has 1 N–H and O–H groups in total. The molecule has 0 radical (unpaired) electrons. The van der Waals surface area contributed by atoms with Crippen molar-refractivity contribution in [2.75, 3.05) is 5.32 Å². The summed E-state index contributed by atoms with van der Waals surface area (Å²) in [4.78, 5) is 0. The molecule has 84 valence electrons. The monoisotopic (exact) mass is 209 g/mol. The van der Waals surface area contributed by atoms with Gasteiger partial charge in [0, 0.05) is 13.1 Å². The zero-order chi connectivity index (χ0) is 10.8. The van der Waals surface area contributed by atoms with Crippen molar-refractivity contribution in [1.82, 2.24) is 20.2 Å². The molecule has 1 aromatic heterocycles. The lowest BCUT2D eigenvalue weighted by Crippen LogP contribution is -2.35. The highest BCUT2D eigenvalue weighted by Gasteiger charge is 2.27. The van der Waals surface area contributed by atoms with Crippen LogP contribution < -0.4 is 5.32 Å². The van der Waals surface area contributed by atoms with Gasteiger partial charge >= 0.3 is 0 Å². The maximum Gasteiger partial charge on any atom is 0.242 e. The number of rotatable bonds is 2. The Labute approximate surface area is 90.2 Å². The van der Waals surface area contributed by atoms with Crippen molar-refractivity contribution in [1.29, 1.82) is 0 Å². The number of hydrogen-bond donors (Lipinski definition) is 1. The molecule has 5 nitrogen and oxygen atoms in total. The van der Waals surface area contributed by atoms with Crippen LogP contribution in [0.2, 0.25) is 0 Å². The van der Waals surface area contributed by atoms with E-state index in [-0.39, 0.29) is 0 Å². The van der Waals surface area contributed by atoms with Crippen LogP contribution in [0.4, 0.5) is 5.95 Å². The van der Waals surface area contributed by atoms with Crippen molar-refractivity contribution in [3.63, 3.8) is 0 Å². The molecule has 5 heteroatoms. The molecular formula is C10H19N5. The minimum absolute atomic E-state index is 0.512. The van der Waals surface area contributed by atoms with Crippen LogP contribution in [0.3, 0.4) is 0 Å². The standard InChI is InChI=1S/C10H19N5/c1-7-5-4-6-9(8(7)2)11-10-12-13-14-15(10)3/h7-9H,4-6H2,1-3H3,(H,11,12,14). The molecule has 1 heterocycles. The first-order valence-corrected chi connectivity index (χ1v) is 5.67. The van der Waals surface area contributed by atoms with E-state index in [0.29, 0.717) is 12.0 Å². The van der Waals surface area contributed by atoms with E-state index in [1.807, 2.05) is 7.05 Å². The lowest BCUT2D eigenvalue weighted by Gasteiger charge is -2.34. The maximum absolute atomic E-state index is 3.96. The average molecular weight is 209 g/mol. The molecule has 3 atom stereocenters. The Bertz CT molecular complexity index is 321. The quantitative estimate of drug-likeness (QED) is 0.801. The van der Waals surface area contributed by atoms with Crippen LogP contribution in [0.15, 0.2) is 0 Å². The summed E-state index contributed by atoms with van der Waals surface area (Å²) in [5, 5.41) is 14.8. The molecule has 0 saturated heterocycles. The predicted octanol–water partition coefficient (Wildman–Crippen LogP) is 1.45. The third-order valence-electron chi connectivity index (χ3n) is 3.64. The number of hydrogen-bond acceptors (Lipinski definition) is 4. The molecule has 0 amide bonds. The first kappa shape index (κ1) is 10.4. The van der Waals surface area contributed by atoms with Crippen LogP contribution in [0, 0.1) is 11.8 Å². The van der Waals surface area contributed by atoms with Gasteiger partial charge in [0.25, 0.3) is 0 Å². The molecule has 0 aromatic carbocycles. The molecule has 1 fully saturated rings. The number of nitrogens with zero attached hydrogens (tertiary/aromatic N) is 4. The third-order valence-corrected chi connectivity index (χ3v) is 3.64. The highest BCUT2D eigenvalue weighted by Crippen LogP contribution is 2.30. The number of aromatic nitrogens is 4. The molecule has 0 spiro atoms. The van der Waals surface area contributed by atoms with Crippen LogP contribution >= 0.6 is 0 Å². The molecule has 3 unspecified atom stereocenters. The van der Waals surface area contributed by atoms with Gasteiger partial charge in [-0.05, 0) is 28.7 Å². The van der Waals surface area contributed by atoms with Gasteiger partial charge < -0.3 is 5.32 Å². The van der Waals surface area contributed by atoms with Gasteiger partial charge in [-0.1, -0.05) is 31.8 Å². The topological polar surface area (TPSA) is 55.6 Å². The molecule has 1 saturated carbocycles. The Kier molecular flexibility index (Phi) is 2.88. The van der Waals surface area contributed by atoms with Crippen molar-refractivity contribution in [2.45, 2.75) is 39.2 Å². The fourth-order valence-electron chi connectivity index (χ4n) is 2.30. The van der Waals surface area contributed by atoms with Crippen molar-refractivity contribution >= 4 is 5.95 Å². The first-order valence-electron chi connectivity index (χ1n) is 5.67. The fourth-order valence-corrected chi connectivity index (χ4v) is 2.30. The summed E-state index contributed by atoms with van der Waals surface area (Å²) in [6.07, 6.45) is 3.86. The van der Waals surface area contributed by atoms with E-state index < -0.39 is 0 Å². The molecule has 1 aliphatic carbocycles. The fraction of sp³-hybridized carbons (Fsp3) is 0.900. The van der Waals surface area contributed by atoms with E-state index in [9.17, 15) is 0 Å². The molecule has 1 aliphatic rings. The Morgan fingerprint density at radius 3 is 2.80 bits per heavy atom. The van der Waals surface area contributed by atoms with Gasteiger partial charge in [-0.2, -0.15) is 0 Å². The summed E-state index contributed by atoms with van der Waals surface area (Å²) in [5.74, 6) is 2.26. The van der Waals surface area contributed by atoms with E-state index in [1.165, 1.54) is 19.3 Å². The lowest BCUT2D eigenvalue weighted by molar-refractivity contribution is 0.252. The van der Waals surface area contributed by atoms with Gasteiger partial charge in [-0.25, -0.2) is 4.68 Å². The van der Waals surface area contributed by atoms with Gasteiger partial charge in [0.2, 0.25) is 5.95 Å². The molecule has 2 rings (SSSR count). The predicted molar refractivity (Wildman–Crippen MR) is 58.4 cm³/mol. The molecule has 15 heavy (non-hydrogen) atoms. The summed E-state index contributed by atoms with van der Waals surface area (Å²) in [6, 6.07) is 0.512. The van der Waals surface area contributed by atoms with Gasteiger partial charge in [0.05, 0.1) is 0 Å². The second-order valence-electron chi connectivity index (χ2n) is 4.64. The number of anilines is 1. The smallest absolute Gasteiger partial charge is 0.242 e. The number of aryl methyl sites for hydroxylation is 1. The molecular weight excluding hydrogens is 190 g/mol. The number of nitrogens with one attached hydrogen (secondary N) is 1. The Hall–Kier alpha value is -1.13. The minimum Gasteiger partial charge on any atom is -0.350 e. The third kappa shape index (κ3) is 2.11. The van der Waals surface area contributed by atoms with Gasteiger partial charge in [0.1, 0.15) is 0 Å². The zero-order valence-electron chi connectivity index (χ0n) is 9.64. The van der Waals surface area contributed by atoms with Crippen LogP contribution in [0.1, 0.15) is 33.1 Å². The van der Waals surface area contributed by atoms with Gasteiger partial charge in [-0.3, -0.25) is 0 Å². The van der Waals surface area contributed by atoms with E-state index in [1.54, 1.807) is 4.68 Å². The molecule has 0 bridgehead atoms. The first-order chi connectivity index (χ1) is 7.18. The van der Waals surface area contributed by atoms with Crippen LogP contribution in [0.25, 0.3) is 0 Å². The van der Waals surface area contributed by atoms with Crippen LogP contribution in [-0.2, 0) is 7.05 Å². The second-order valence-corrected chi connectivity index (χ2v) is 4.64. The summed E-state index contributed by atoms with van der Waals surface area (Å²) in [5.41, 5.74) is 0. The van der Waals surface area contributed by atoms with E-state index in [2.05, 4.69) is 34.7 Å². The summed E-state index contributed by atoms with van der Waals surface area (Å²) in [6.45, 7) is 4.64. The van der Waals surface area contributed by atoms with Crippen LogP contribution in [-0.4, -0.2) is 26.2 Å². The van der Waals surface area contributed by atoms with Gasteiger partial charge in [-0.15, -0.1) is 0 Å². The van der Waals surface area contributed by atoms with E-state index >= 15 is 0 Å². The van der Waals surface area contributed by atoms with Crippen molar-refractivity contribution < 1.29 is 0 Å². The number of tetrazole rings is 1. The van der Waals surface area contributed by atoms with E-state index in [0.717, 1.165) is 11.9 Å². The Morgan fingerprint density at radius 1 is 1.33 bits per heavy atom. The summed E-state index contributed by atoms with van der Waals surface area (Å²) >= 11 is 0. The SMILES string of the molecule is CC1CCCC(Nc2nnnn2C)C1C. The van der Waals surface area contributed by atoms with Crippen molar-refractivity contribution in [3.05, 3.63) is 0 Å². The summed E-state index contributed by atoms with van der Waals surface area (Å²) < 4.78 is 1.69.